The average molecular weight is 297 g/mol. The average Bonchev–Trinajstić information content (AvgIpc) is 2.24. The highest BCUT2D eigenvalue weighted by Gasteiger charge is 2.29. The minimum absolute atomic E-state index is 0. The number of amides is 1. The van der Waals surface area contributed by atoms with Crippen molar-refractivity contribution in [3.05, 3.63) is 34.9 Å². The molecule has 112 valence electrons. The summed E-state index contributed by atoms with van der Waals surface area (Å²) in [5.41, 5.74) is 3.67. The van der Waals surface area contributed by atoms with E-state index in [1.54, 1.807) is 0 Å². The largest absolute Gasteiger partial charge is 0.349 e. The van der Waals surface area contributed by atoms with Crippen molar-refractivity contribution in [1.29, 1.82) is 0 Å². The number of nitrogens with one attached hydrogen (secondary N) is 2. The Morgan fingerprint density at radius 2 is 1.75 bits per heavy atom. The summed E-state index contributed by atoms with van der Waals surface area (Å²) in [6.07, 6.45) is 0. The van der Waals surface area contributed by atoms with E-state index in [4.69, 9.17) is 0 Å². The quantitative estimate of drug-likeness (QED) is 0.897. The van der Waals surface area contributed by atoms with Crippen LogP contribution in [0.4, 0.5) is 0 Å². The standard InChI is InChI=1S/C16H24N2O.ClH/c1-10-5-11(2)7-14(6-10)13(4)18-16(19)12(3)15-8-17-9-15;/h5-7,12-13,15,17H,8-9H2,1-4H3,(H,18,19);1H. The van der Waals surface area contributed by atoms with Crippen molar-refractivity contribution in [1.82, 2.24) is 10.6 Å². The van der Waals surface area contributed by atoms with Crippen molar-refractivity contribution >= 4 is 18.3 Å². The SMILES string of the molecule is Cc1cc(C)cc(C(C)NC(=O)C(C)C2CNC2)c1.Cl. The number of hydrogen-bond donors (Lipinski definition) is 2. The Morgan fingerprint density at radius 1 is 1.20 bits per heavy atom. The van der Waals surface area contributed by atoms with Gasteiger partial charge in [0.05, 0.1) is 6.04 Å². The molecule has 3 nitrogen and oxygen atoms in total. The van der Waals surface area contributed by atoms with Crippen molar-refractivity contribution in [2.24, 2.45) is 11.8 Å². The van der Waals surface area contributed by atoms with E-state index in [2.05, 4.69) is 49.6 Å². The number of rotatable bonds is 4. The summed E-state index contributed by atoms with van der Waals surface area (Å²) in [5.74, 6) is 0.749. The molecule has 2 unspecified atom stereocenters. The van der Waals surface area contributed by atoms with Gasteiger partial charge in [-0.1, -0.05) is 36.2 Å². The number of hydrogen-bond acceptors (Lipinski definition) is 2. The molecule has 0 aromatic heterocycles. The molecule has 1 saturated heterocycles. The highest BCUT2D eigenvalue weighted by molar-refractivity contribution is 5.85. The first kappa shape index (κ1) is 17.0. The Balaban J connectivity index is 0.00000200. The van der Waals surface area contributed by atoms with Crippen LogP contribution in [0.3, 0.4) is 0 Å². The molecule has 2 N–H and O–H groups in total. The zero-order valence-electron chi connectivity index (χ0n) is 12.7. The van der Waals surface area contributed by atoms with E-state index in [0.717, 1.165) is 13.1 Å². The summed E-state index contributed by atoms with van der Waals surface area (Å²) in [7, 11) is 0. The molecule has 0 aliphatic carbocycles. The van der Waals surface area contributed by atoms with Gasteiger partial charge in [0, 0.05) is 5.92 Å². The Bertz CT molecular complexity index is 451. The van der Waals surface area contributed by atoms with Gasteiger partial charge >= 0.3 is 0 Å². The number of carbonyl (C=O) groups excluding carboxylic acids is 1. The van der Waals surface area contributed by atoms with Gasteiger partial charge in [-0.2, -0.15) is 0 Å². The number of halogens is 1. The molecule has 20 heavy (non-hydrogen) atoms. The van der Waals surface area contributed by atoms with Crippen LogP contribution >= 0.6 is 12.4 Å². The molecule has 4 heteroatoms. The van der Waals surface area contributed by atoms with Crippen molar-refractivity contribution in [3.8, 4) is 0 Å². The van der Waals surface area contributed by atoms with Crippen LogP contribution in [0.15, 0.2) is 18.2 Å². The van der Waals surface area contributed by atoms with E-state index >= 15 is 0 Å². The maximum atomic E-state index is 12.2. The highest BCUT2D eigenvalue weighted by Crippen LogP contribution is 2.20. The van der Waals surface area contributed by atoms with E-state index in [1.807, 2.05) is 6.92 Å². The van der Waals surface area contributed by atoms with Crippen LogP contribution in [0.5, 0.6) is 0 Å². The molecule has 1 aromatic carbocycles. The predicted octanol–water partition coefficient (Wildman–Crippen LogP) is 2.76. The Hall–Kier alpha value is -1.06. The fourth-order valence-corrected chi connectivity index (χ4v) is 2.57. The van der Waals surface area contributed by atoms with E-state index in [1.165, 1.54) is 16.7 Å². The maximum Gasteiger partial charge on any atom is 0.223 e. The van der Waals surface area contributed by atoms with Crippen molar-refractivity contribution in [2.45, 2.75) is 33.7 Å². The van der Waals surface area contributed by atoms with Crippen LogP contribution in [-0.2, 0) is 4.79 Å². The van der Waals surface area contributed by atoms with Crippen molar-refractivity contribution in [2.75, 3.05) is 13.1 Å². The topological polar surface area (TPSA) is 41.1 Å². The van der Waals surface area contributed by atoms with Gasteiger partial charge in [-0.05, 0) is 45.3 Å². The summed E-state index contributed by atoms with van der Waals surface area (Å²) in [5, 5.41) is 6.35. The van der Waals surface area contributed by atoms with Gasteiger partial charge in [0.25, 0.3) is 0 Å². The molecule has 1 amide bonds. The van der Waals surface area contributed by atoms with Crippen molar-refractivity contribution < 1.29 is 4.79 Å². The first-order valence-electron chi connectivity index (χ1n) is 7.06. The number of carbonyl (C=O) groups is 1. The Labute approximate surface area is 127 Å². The fraction of sp³-hybridized carbons (Fsp3) is 0.562. The second kappa shape index (κ2) is 7.09. The first-order valence-corrected chi connectivity index (χ1v) is 7.06. The lowest BCUT2D eigenvalue weighted by molar-refractivity contribution is -0.127. The van der Waals surface area contributed by atoms with E-state index in [9.17, 15) is 4.79 Å². The zero-order chi connectivity index (χ0) is 14.0. The van der Waals surface area contributed by atoms with E-state index < -0.39 is 0 Å². The molecule has 0 spiro atoms. The zero-order valence-corrected chi connectivity index (χ0v) is 13.5. The van der Waals surface area contributed by atoms with Gasteiger partial charge in [-0.25, -0.2) is 0 Å². The Kier molecular flexibility index (Phi) is 6.03. The van der Waals surface area contributed by atoms with Crippen molar-refractivity contribution in [3.63, 3.8) is 0 Å². The minimum Gasteiger partial charge on any atom is -0.349 e. The fourth-order valence-electron chi connectivity index (χ4n) is 2.57. The molecular weight excluding hydrogens is 272 g/mol. The molecule has 0 radical (unpaired) electrons. The second-order valence-electron chi connectivity index (χ2n) is 5.86. The summed E-state index contributed by atoms with van der Waals surface area (Å²) in [6.45, 7) is 10.2. The molecule has 2 rings (SSSR count). The lowest BCUT2D eigenvalue weighted by atomic mass is 9.88. The molecule has 0 bridgehead atoms. The van der Waals surface area contributed by atoms with Gasteiger partial charge in [-0.3, -0.25) is 4.79 Å². The van der Waals surface area contributed by atoms with Gasteiger partial charge in [0.15, 0.2) is 0 Å². The summed E-state index contributed by atoms with van der Waals surface area (Å²) >= 11 is 0. The third-order valence-corrected chi connectivity index (χ3v) is 4.04. The van der Waals surface area contributed by atoms with E-state index in [0.29, 0.717) is 5.92 Å². The second-order valence-corrected chi connectivity index (χ2v) is 5.86. The molecule has 0 saturated carbocycles. The van der Waals surface area contributed by atoms with Gasteiger partial charge in [0.1, 0.15) is 0 Å². The normalized spacial score (nSPS) is 17.6. The van der Waals surface area contributed by atoms with Gasteiger partial charge in [-0.15, -0.1) is 12.4 Å². The van der Waals surface area contributed by atoms with Crippen LogP contribution in [0.25, 0.3) is 0 Å². The summed E-state index contributed by atoms with van der Waals surface area (Å²) in [4.78, 5) is 12.2. The maximum absolute atomic E-state index is 12.2. The van der Waals surface area contributed by atoms with E-state index in [-0.39, 0.29) is 30.3 Å². The smallest absolute Gasteiger partial charge is 0.223 e. The number of aryl methyl sites for hydroxylation is 2. The predicted molar refractivity (Wildman–Crippen MR) is 85.2 cm³/mol. The highest BCUT2D eigenvalue weighted by atomic mass is 35.5. The molecule has 1 heterocycles. The van der Waals surface area contributed by atoms with Gasteiger partial charge in [0.2, 0.25) is 5.91 Å². The monoisotopic (exact) mass is 296 g/mol. The first-order chi connectivity index (χ1) is 8.97. The molecule has 1 aliphatic heterocycles. The van der Waals surface area contributed by atoms with Crippen LogP contribution < -0.4 is 10.6 Å². The van der Waals surface area contributed by atoms with Crippen LogP contribution in [0, 0.1) is 25.7 Å². The molecular formula is C16H25ClN2O. The molecule has 2 atom stereocenters. The minimum atomic E-state index is 0. The van der Waals surface area contributed by atoms with Gasteiger partial charge < -0.3 is 10.6 Å². The lowest BCUT2D eigenvalue weighted by Gasteiger charge is -2.32. The molecule has 1 aromatic rings. The lowest BCUT2D eigenvalue weighted by Crippen LogP contribution is -2.49. The Morgan fingerprint density at radius 3 is 2.20 bits per heavy atom. The summed E-state index contributed by atoms with van der Waals surface area (Å²) < 4.78 is 0. The van der Waals surface area contributed by atoms with Crippen LogP contribution in [0.2, 0.25) is 0 Å². The molecule has 1 aliphatic rings. The van der Waals surface area contributed by atoms with Crippen LogP contribution in [-0.4, -0.2) is 19.0 Å². The van der Waals surface area contributed by atoms with Crippen LogP contribution in [0.1, 0.15) is 36.6 Å². The third-order valence-electron chi connectivity index (χ3n) is 4.04. The molecule has 1 fully saturated rings. The number of benzene rings is 1. The third kappa shape index (κ3) is 3.97. The summed E-state index contributed by atoms with van der Waals surface area (Å²) in [6, 6.07) is 6.52.